The summed E-state index contributed by atoms with van der Waals surface area (Å²) in [4.78, 5) is 16.3. The summed E-state index contributed by atoms with van der Waals surface area (Å²) >= 11 is 0. The first kappa shape index (κ1) is 17.3. The van der Waals surface area contributed by atoms with E-state index in [9.17, 15) is 13.6 Å². The monoisotopic (exact) mass is 355 g/mol. The number of nitrogens with one attached hydrogen (secondary N) is 2. The van der Waals surface area contributed by atoms with Gasteiger partial charge in [-0.15, -0.1) is 0 Å². The van der Waals surface area contributed by atoms with Crippen LogP contribution in [0.2, 0.25) is 0 Å². The molecule has 0 atom stereocenters. The van der Waals surface area contributed by atoms with Crippen molar-refractivity contribution < 1.29 is 18.3 Å². The van der Waals surface area contributed by atoms with Crippen molar-refractivity contribution in [1.29, 1.82) is 0 Å². The van der Waals surface area contributed by atoms with Crippen molar-refractivity contribution in [2.24, 2.45) is 0 Å². The molecule has 0 fully saturated rings. The molecule has 0 aliphatic rings. The van der Waals surface area contributed by atoms with Gasteiger partial charge < -0.3 is 15.4 Å². The molecule has 0 saturated carbocycles. The van der Waals surface area contributed by atoms with Crippen LogP contribution in [0.5, 0.6) is 5.75 Å². The van der Waals surface area contributed by atoms with Gasteiger partial charge in [0.25, 0.3) is 5.91 Å². The van der Waals surface area contributed by atoms with E-state index in [4.69, 9.17) is 4.74 Å². The molecule has 0 unspecified atom stereocenters. The number of rotatable bonds is 5. The zero-order valence-electron chi connectivity index (χ0n) is 13.8. The van der Waals surface area contributed by atoms with E-state index in [1.165, 1.54) is 24.5 Å². The summed E-state index contributed by atoms with van der Waals surface area (Å²) in [6.45, 7) is 0. The molecule has 0 saturated heterocycles. The van der Waals surface area contributed by atoms with Crippen LogP contribution in [0, 0.1) is 11.6 Å². The number of carbonyl (C=O) groups excluding carboxylic acids is 1. The number of methoxy groups -OCH3 is 1. The van der Waals surface area contributed by atoms with Crippen molar-refractivity contribution in [3.63, 3.8) is 0 Å². The first-order chi connectivity index (χ1) is 12.6. The molecule has 5 nitrogen and oxygen atoms in total. The van der Waals surface area contributed by atoms with Crippen LogP contribution in [-0.4, -0.2) is 18.0 Å². The summed E-state index contributed by atoms with van der Waals surface area (Å²) in [6.07, 6.45) is 2.73. The highest BCUT2D eigenvalue weighted by molar-refractivity contribution is 6.04. The number of nitrogens with zero attached hydrogens (tertiary/aromatic N) is 1. The van der Waals surface area contributed by atoms with Crippen molar-refractivity contribution in [2.45, 2.75) is 0 Å². The fraction of sp³-hybridized carbons (Fsp3) is 0.0526. The van der Waals surface area contributed by atoms with Crippen LogP contribution >= 0.6 is 0 Å². The summed E-state index contributed by atoms with van der Waals surface area (Å²) in [5.74, 6) is -1.21. The van der Waals surface area contributed by atoms with E-state index < -0.39 is 17.5 Å². The maximum absolute atomic E-state index is 13.7. The second-order valence-corrected chi connectivity index (χ2v) is 5.37. The van der Waals surface area contributed by atoms with Gasteiger partial charge in [-0.05, 0) is 42.5 Å². The topological polar surface area (TPSA) is 63.2 Å². The highest BCUT2D eigenvalue weighted by Crippen LogP contribution is 2.23. The van der Waals surface area contributed by atoms with Crippen LogP contribution in [0.4, 0.5) is 25.8 Å². The van der Waals surface area contributed by atoms with Gasteiger partial charge in [0.1, 0.15) is 23.1 Å². The summed E-state index contributed by atoms with van der Waals surface area (Å²) in [7, 11) is 1.55. The third-order valence-corrected chi connectivity index (χ3v) is 3.58. The number of halogens is 2. The van der Waals surface area contributed by atoms with Crippen molar-refractivity contribution in [2.75, 3.05) is 17.7 Å². The minimum absolute atomic E-state index is 0.238. The highest BCUT2D eigenvalue weighted by Gasteiger charge is 2.11. The van der Waals surface area contributed by atoms with Gasteiger partial charge >= 0.3 is 0 Å². The number of para-hydroxylation sites is 1. The van der Waals surface area contributed by atoms with Crippen LogP contribution in [0.25, 0.3) is 0 Å². The standard InChI is InChI=1S/C19H15F2N3O2/c1-26-15-7-5-13(6-8-15)24-19(25)12-9-14(11-22-10-12)23-18-16(20)3-2-4-17(18)21/h2-11,23H,1H3,(H,24,25). The smallest absolute Gasteiger partial charge is 0.257 e. The quantitative estimate of drug-likeness (QED) is 0.714. The van der Waals surface area contributed by atoms with Crippen LogP contribution in [0.3, 0.4) is 0 Å². The lowest BCUT2D eigenvalue weighted by atomic mass is 10.2. The Balaban J connectivity index is 1.76. The Morgan fingerprint density at radius 1 is 1.00 bits per heavy atom. The number of hydrogen-bond acceptors (Lipinski definition) is 4. The molecule has 0 radical (unpaired) electrons. The predicted molar refractivity (Wildman–Crippen MR) is 94.8 cm³/mol. The first-order valence-corrected chi connectivity index (χ1v) is 7.68. The van der Waals surface area contributed by atoms with Gasteiger partial charge in [0.05, 0.1) is 24.6 Å². The van der Waals surface area contributed by atoms with Gasteiger partial charge in [-0.25, -0.2) is 8.78 Å². The molecule has 7 heteroatoms. The largest absolute Gasteiger partial charge is 0.497 e. The van der Waals surface area contributed by atoms with Crippen LogP contribution in [0.15, 0.2) is 60.9 Å². The van der Waals surface area contributed by atoms with E-state index in [2.05, 4.69) is 15.6 Å². The van der Waals surface area contributed by atoms with Gasteiger partial charge in [0, 0.05) is 11.9 Å². The zero-order chi connectivity index (χ0) is 18.5. The average Bonchev–Trinajstić information content (AvgIpc) is 2.66. The molecule has 26 heavy (non-hydrogen) atoms. The minimum Gasteiger partial charge on any atom is -0.497 e. The average molecular weight is 355 g/mol. The van der Waals surface area contributed by atoms with Gasteiger partial charge in [-0.1, -0.05) is 6.07 Å². The summed E-state index contributed by atoms with van der Waals surface area (Å²) in [5.41, 5.74) is 0.801. The molecular weight excluding hydrogens is 340 g/mol. The number of aromatic nitrogens is 1. The third-order valence-electron chi connectivity index (χ3n) is 3.58. The van der Waals surface area contributed by atoms with E-state index in [-0.39, 0.29) is 16.9 Å². The lowest BCUT2D eigenvalue weighted by Crippen LogP contribution is -2.12. The Bertz CT molecular complexity index is 910. The fourth-order valence-corrected chi connectivity index (χ4v) is 2.27. The number of hydrogen-bond donors (Lipinski definition) is 2. The summed E-state index contributed by atoms with van der Waals surface area (Å²) in [5, 5.41) is 5.32. The molecule has 2 aromatic carbocycles. The Morgan fingerprint density at radius 2 is 1.69 bits per heavy atom. The van der Waals surface area contributed by atoms with Gasteiger partial charge in [0.2, 0.25) is 0 Å². The lowest BCUT2D eigenvalue weighted by Gasteiger charge is -2.10. The summed E-state index contributed by atoms with van der Waals surface area (Å²) < 4.78 is 32.5. The Morgan fingerprint density at radius 3 is 2.35 bits per heavy atom. The molecule has 0 spiro atoms. The SMILES string of the molecule is COc1ccc(NC(=O)c2cncc(Nc3c(F)cccc3F)c2)cc1. The number of amides is 1. The van der Waals surface area contributed by atoms with Crippen LogP contribution in [0.1, 0.15) is 10.4 Å². The number of ether oxygens (including phenoxy) is 1. The maximum atomic E-state index is 13.7. The van der Waals surface area contributed by atoms with Crippen molar-refractivity contribution in [3.8, 4) is 5.75 Å². The fourth-order valence-electron chi connectivity index (χ4n) is 2.27. The molecule has 1 amide bonds. The number of carbonyl (C=O) groups is 1. The van der Waals surface area contributed by atoms with E-state index in [1.54, 1.807) is 31.4 Å². The Labute approximate surface area is 148 Å². The van der Waals surface area contributed by atoms with E-state index in [1.807, 2.05) is 0 Å². The molecule has 1 aromatic heterocycles. The molecule has 2 N–H and O–H groups in total. The van der Waals surface area contributed by atoms with Crippen molar-refractivity contribution in [1.82, 2.24) is 4.98 Å². The molecule has 1 heterocycles. The molecular formula is C19H15F2N3O2. The predicted octanol–water partition coefficient (Wildman–Crippen LogP) is 4.36. The van der Waals surface area contributed by atoms with Crippen molar-refractivity contribution >= 4 is 23.0 Å². The molecule has 3 rings (SSSR count). The van der Waals surface area contributed by atoms with Gasteiger partial charge in [-0.2, -0.15) is 0 Å². The normalized spacial score (nSPS) is 10.3. The first-order valence-electron chi connectivity index (χ1n) is 7.68. The van der Waals surface area contributed by atoms with E-state index >= 15 is 0 Å². The van der Waals surface area contributed by atoms with E-state index in [0.29, 0.717) is 11.4 Å². The molecule has 132 valence electrons. The van der Waals surface area contributed by atoms with Crippen LogP contribution < -0.4 is 15.4 Å². The maximum Gasteiger partial charge on any atom is 0.257 e. The Kier molecular flexibility index (Phi) is 5.07. The molecule has 0 aliphatic heterocycles. The van der Waals surface area contributed by atoms with Gasteiger partial charge in [0.15, 0.2) is 0 Å². The number of pyridine rings is 1. The summed E-state index contributed by atoms with van der Waals surface area (Å²) in [6, 6.07) is 11.8. The molecule has 3 aromatic rings. The third kappa shape index (κ3) is 3.94. The van der Waals surface area contributed by atoms with Crippen LogP contribution in [-0.2, 0) is 0 Å². The van der Waals surface area contributed by atoms with Gasteiger partial charge in [-0.3, -0.25) is 9.78 Å². The minimum atomic E-state index is -0.738. The highest BCUT2D eigenvalue weighted by atomic mass is 19.1. The molecule has 0 aliphatic carbocycles. The Hall–Kier alpha value is -3.48. The van der Waals surface area contributed by atoms with E-state index in [0.717, 1.165) is 12.1 Å². The second kappa shape index (κ2) is 7.60. The number of anilines is 3. The molecule has 0 bridgehead atoms. The second-order valence-electron chi connectivity index (χ2n) is 5.37. The zero-order valence-corrected chi connectivity index (χ0v) is 13.8. The van der Waals surface area contributed by atoms with Crippen molar-refractivity contribution in [3.05, 3.63) is 78.1 Å². The number of benzene rings is 2. The lowest BCUT2D eigenvalue weighted by molar-refractivity contribution is 0.102.